The van der Waals surface area contributed by atoms with E-state index >= 15 is 0 Å². The molecule has 0 aliphatic carbocycles. The number of nitro groups is 1. The lowest BCUT2D eigenvalue weighted by atomic mass is 10.1. The summed E-state index contributed by atoms with van der Waals surface area (Å²) in [5, 5.41) is 10.9. The van der Waals surface area contributed by atoms with Crippen LogP contribution in [0.15, 0.2) is 48.5 Å². The van der Waals surface area contributed by atoms with Gasteiger partial charge < -0.3 is 4.90 Å². The zero-order valence-electron chi connectivity index (χ0n) is 12.8. The minimum absolute atomic E-state index is 0.0279. The van der Waals surface area contributed by atoms with E-state index < -0.39 is 4.92 Å². The standard InChI is InChI=1S/C17H14ClFN2O3/c1-20(11-13-4-2-3-5-15(13)19)17(22)9-7-12-6-8-14(18)16(10-12)21(23)24/h2-10H,11H2,1H3/b9-7+. The van der Waals surface area contributed by atoms with E-state index in [1.165, 1.54) is 35.3 Å². The maximum Gasteiger partial charge on any atom is 0.288 e. The molecule has 24 heavy (non-hydrogen) atoms. The number of nitro benzene ring substituents is 1. The molecule has 0 fully saturated rings. The molecule has 0 unspecified atom stereocenters. The van der Waals surface area contributed by atoms with E-state index in [-0.39, 0.29) is 29.0 Å². The summed E-state index contributed by atoms with van der Waals surface area (Å²) >= 11 is 5.73. The molecule has 5 nitrogen and oxygen atoms in total. The Bertz CT molecular complexity index is 808. The maximum atomic E-state index is 13.6. The molecule has 0 aromatic heterocycles. The highest BCUT2D eigenvalue weighted by molar-refractivity contribution is 6.32. The van der Waals surface area contributed by atoms with Crippen LogP contribution in [-0.4, -0.2) is 22.8 Å². The molecule has 7 heteroatoms. The molecule has 2 aromatic carbocycles. The molecule has 0 radical (unpaired) electrons. The number of benzene rings is 2. The van der Waals surface area contributed by atoms with Crippen LogP contribution in [0, 0.1) is 15.9 Å². The molecule has 2 aromatic rings. The Hall–Kier alpha value is -2.73. The smallest absolute Gasteiger partial charge is 0.288 e. The summed E-state index contributed by atoms with van der Waals surface area (Å²) in [5.74, 6) is -0.731. The molecule has 0 N–H and O–H groups in total. The van der Waals surface area contributed by atoms with E-state index in [1.807, 2.05) is 0 Å². The average molecular weight is 349 g/mol. The summed E-state index contributed by atoms with van der Waals surface area (Å²) in [6, 6.07) is 10.4. The summed E-state index contributed by atoms with van der Waals surface area (Å²) in [6.45, 7) is 0.122. The molecule has 0 saturated heterocycles. The first-order valence-electron chi connectivity index (χ1n) is 6.99. The number of hydrogen-bond acceptors (Lipinski definition) is 3. The molecule has 0 bridgehead atoms. The van der Waals surface area contributed by atoms with Gasteiger partial charge in [-0.25, -0.2) is 4.39 Å². The number of likely N-dealkylation sites (N-methyl/N-ethyl adjacent to an activating group) is 1. The summed E-state index contributed by atoms with van der Waals surface area (Å²) < 4.78 is 13.6. The van der Waals surface area contributed by atoms with Crippen LogP contribution in [0.2, 0.25) is 5.02 Å². The Morgan fingerprint density at radius 2 is 2.04 bits per heavy atom. The minimum Gasteiger partial charge on any atom is -0.338 e. The number of halogens is 2. The fourth-order valence-electron chi connectivity index (χ4n) is 2.03. The first-order valence-corrected chi connectivity index (χ1v) is 7.37. The predicted molar refractivity (Wildman–Crippen MR) is 90.0 cm³/mol. The summed E-state index contributed by atoms with van der Waals surface area (Å²) in [5.41, 5.74) is 0.647. The Kier molecular flexibility index (Phi) is 5.65. The van der Waals surface area contributed by atoms with E-state index in [1.54, 1.807) is 31.3 Å². The summed E-state index contributed by atoms with van der Waals surface area (Å²) in [6.07, 6.45) is 2.72. The van der Waals surface area contributed by atoms with E-state index in [0.29, 0.717) is 11.1 Å². The topological polar surface area (TPSA) is 63.5 Å². The molecular formula is C17H14ClFN2O3. The minimum atomic E-state index is -0.591. The third-order valence-corrected chi connectivity index (χ3v) is 3.65. The molecule has 0 aliphatic heterocycles. The lowest BCUT2D eigenvalue weighted by molar-refractivity contribution is -0.384. The van der Waals surface area contributed by atoms with Gasteiger partial charge in [0.15, 0.2) is 0 Å². The van der Waals surface area contributed by atoms with Gasteiger partial charge in [0.2, 0.25) is 5.91 Å². The van der Waals surface area contributed by atoms with Crippen molar-refractivity contribution in [3.05, 3.63) is 80.6 Å². The van der Waals surface area contributed by atoms with Crippen LogP contribution in [-0.2, 0) is 11.3 Å². The SMILES string of the molecule is CN(Cc1ccccc1F)C(=O)/C=C/c1ccc(Cl)c([N+](=O)[O-])c1. The second kappa shape index (κ2) is 7.70. The van der Waals surface area contributed by atoms with Gasteiger partial charge in [0, 0.05) is 31.3 Å². The predicted octanol–water partition coefficient (Wildman–Crippen LogP) is 4.06. The maximum absolute atomic E-state index is 13.6. The highest BCUT2D eigenvalue weighted by Gasteiger charge is 2.12. The Morgan fingerprint density at radius 1 is 1.33 bits per heavy atom. The van der Waals surface area contributed by atoms with Crippen molar-refractivity contribution in [2.45, 2.75) is 6.54 Å². The van der Waals surface area contributed by atoms with Crippen molar-refractivity contribution in [1.82, 2.24) is 4.90 Å². The molecule has 124 valence electrons. The molecule has 0 heterocycles. The highest BCUT2D eigenvalue weighted by Crippen LogP contribution is 2.25. The van der Waals surface area contributed by atoms with Gasteiger partial charge in [-0.2, -0.15) is 0 Å². The van der Waals surface area contributed by atoms with E-state index in [2.05, 4.69) is 0 Å². The Morgan fingerprint density at radius 3 is 2.71 bits per heavy atom. The van der Waals surface area contributed by atoms with Crippen LogP contribution in [0.25, 0.3) is 6.08 Å². The second-order valence-electron chi connectivity index (χ2n) is 5.09. The lowest BCUT2D eigenvalue weighted by Crippen LogP contribution is -2.24. The van der Waals surface area contributed by atoms with Crippen LogP contribution in [0.3, 0.4) is 0 Å². The van der Waals surface area contributed by atoms with E-state index in [4.69, 9.17) is 11.6 Å². The van der Waals surface area contributed by atoms with Crippen LogP contribution in [0.5, 0.6) is 0 Å². The highest BCUT2D eigenvalue weighted by atomic mass is 35.5. The molecule has 2 rings (SSSR count). The fourth-order valence-corrected chi connectivity index (χ4v) is 2.21. The Labute approximate surface area is 143 Å². The largest absolute Gasteiger partial charge is 0.338 e. The molecule has 1 amide bonds. The van der Waals surface area contributed by atoms with Crippen molar-refractivity contribution in [3.63, 3.8) is 0 Å². The number of hydrogen-bond donors (Lipinski definition) is 0. The molecule has 0 spiro atoms. The fraction of sp³-hybridized carbons (Fsp3) is 0.118. The van der Waals surface area contributed by atoms with Crippen molar-refractivity contribution in [2.75, 3.05) is 7.05 Å². The average Bonchev–Trinajstić information content (AvgIpc) is 2.55. The number of nitrogens with zero attached hydrogens (tertiary/aromatic N) is 2. The first-order chi connectivity index (χ1) is 11.4. The molecule has 0 aliphatic rings. The van der Waals surface area contributed by atoms with Crippen molar-refractivity contribution in [3.8, 4) is 0 Å². The zero-order chi connectivity index (χ0) is 17.7. The van der Waals surface area contributed by atoms with Gasteiger partial charge in [-0.15, -0.1) is 0 Å². The monoisotopic (exact) mass is 348 g/mol. The van der Waals surface area contributed by atoms with E-state index in [9.17, 15) is 19.3 Å². The normalized spacial score (nSPS) is 10.8. The van der Waals surface area contributed by atoms with Gasteiger partial charge in [0.1, 0.15) is 10.8 Å². The quantitative estimate of drug-likeness (QED) is 0.465. The van der Waals surface area contributed by atoms with Gasteiger partial charge in [-0.05, 0) is 23.8 Å². The van der Waals surface area contributed by atoms with Crippen LogP contribution >= 0.6 is 11.6 Å². The van der Waals surface area contributed by atoms with Crippen molar-refractivity contribution in [2.24, 2.45) is 0 Å². The van der Waals surface area contributed by atoms with Crippen LogP contribution in [0.1, 0.15) is 11.1 Å². The Balaban J connectivity index is 2.08. The van der Waals surface area contributed by atoms with Gasteiger partial charge in [0.05, 0.1) is 4.92 Å². The second-order valence-corrected chi connectivity index (χ2v) is 5.49. The number of amides is 1. The summed E-state index contributed by atoms with van der Waals surface area (Å²) in [7, 11) is 1.55. The number of rotatable bonds is 5. The summed E-state index contributed by atoms with van der Waals surface area (Å²) in [4.78, 5) is 23.7. The lowest BCUT2D eigenvalue weighted by Gasteiger charge is -2.15. The van der Waals surface area contributed by atoms with Crippen LogP contribution < -0.4 is 0 Å². The van der Waals surface area contributed by atoms with Crippen LogP contribution in [0.4, 0.5) is 10.1 Å². The number of carbonyl (C=O) groups excluding carboxylic acids is 1. The molecular weight excluding hydrogens is 335 g/mol. The zero-order valence-corrected chi connectivity index (χ0v) is 13.5. The third-order valence-electron chi connectivity index (χ3n) is 3.33. The molecule has 0 atom stereocenters. The van der Waals surface area contributed by atoms with Crippen molar-refractivity contribution < 1.29 is 14.1 Å². The number of carbonyl (C=O) groups is 1. The first kappa shape index (κ1) is 17.6. The van der Waals surface area contributed by atoms with E-state index in [0.717, 1.165) is 0 Å². The van der Waals surface area contributed by atoms with Gasteiger partial charge >= 0.3 is 0 Å². The molecule has 0 saturated carbocycles. The van der Waals surface area contributed by atoms with Gasteiger partial charge in [0.25, 0.3) is 5.69 Å². The van der Waals surface area contributed by atoms with Gasteiger partial charge in [-0.1, -0.05) is 35.9 Å². The van der Waals surface area contributed by atoms with Crippen molar-refractivity contribution in [1.29, 1.82) is 0 Å². The van der Waals surface area contributed by atoms with Crippen molar-refractivity contribution >= 4 is 29.3 Å². The third kappa shape index (κ3) is 4.39. The van der Waals surface area contributed by atoms with Gasteiger partial charge in [-0.3, -0.25) is 14.9 Å².